The van der Waals surface area contributed by atoms with E-state index in [9.17, 15) is 8.42 Å². The number of nitrogens with one attached hydrogen (secondary N) is 1. The first kappa shape index (κ1) is 18.3. The zero-order valence-electron chi connectivity index (χ0n) is 13.3. The van der Waals surface area contributed by atoms with Crippen LogP contribution in [0.2, 0.25) is 5.02 Å². The van der Waals surface area contributed by atoms with Crippen molar-refractivity contribution in [2.45, 2.75) is 22.6 Å². The van der Waals surface area contributed by atoms with Gasteiger partial charge >= 0.3 is 0 Å². The summed E-state index contributed by atoms with van der Waals surface area (Å²) in [6, 6.07) is 11.6. The molecule has 0 aliphatic carbocycles. The molecule has 1 aliphatic rings. The second kappa shape index (κ2) is 7.00. The molecule has 25 heavy (non-hydrogen) atoms. The average Bonchev–Trinajstić information content (AvgIpc) is 2.78. The van der Waals surface area contributed by atoms with Gasteiger partial charge in [-0.25, -0.2) is 8.42 Å². The van der Waals surface area contributed by atoms with Crippen LogP contribution in [0.5, 0.6) is 0 Å². The Balaban J connectivity index is 0.00000182. The molecule has 0 atom stereocenters. The smallest absolute Gasteiger partial charge is 0.206 e. The molecule has 0 saturated heterocycles. The Labute approximate surface area is 157 Å². The quantitative estimate of drug-likeness (QED) is 0.708. The van der Waals surface area contributed by atoms with Crippen LogP contribution in [0.3, 0.4) is 0 Å². The number of furan rings is 1. The van der Waals surface area contributed by atoms with Crippen molar-refractivity contribution in [1.29, 1.82) is 0 Å². The van der Waals surface area contributed by atoms with Crippen LogP contribution >= 0.6 is 24.0 Å². The number of rotatable bonds is 2. The molecule has 2 heterocycles. The highest BCUT2D eigenvalue weighted by Gasteiger charge is 2.23. The molecule has 0 unspecified atom stereocenters. The lowest BCUT2D eigenvalue weighted by Crippen LogP contribution is -2.16. The number of halogens is 2. The van der Waals surface area contributed by atoms with E-state index in [1.165, 1.54) is 6.07 Å². The van der Waals surface area contributed by atoms with Gasteiger partial charge in [0.1, 0.15) is 5.76 Å². The summed E-state index contributed by atoms with van der Waals surface area (Å²) in [7, 11) is -3.61. The van der Waals surface area contributed by atoms with Gasteiger partial charge in [0, 0.05) is 23.9 Å². The van der Waals surface area contributed by atoms with Crippen molar-refractivity contribution in [3.63, 3.8) is 0 Å². The van der Waals surface area contributed by atoms with E-state index in [1.54, 1.807) is 36.4 Å². The highest BCUT2D eigenvalue weighted by Crippen LogP contribution is 2.36. The predicted octanol–water partition coefficient (Wildman–Crippen LogP) is 4.03. The van der Waals surface area contributed by atoms with Crippen LogP contribution in [-0.4, -0.2) is 21.5 Å². The van der Waals surface area contributed by atoms with Crippen LogP contribution in [0.1, 0.15) is 11.3 Å². The topological polar surface area (TPSA) is 59.3 Å². The van der Waals surface area contributed by atoms with Crippen molar-refractivity contribution < 1.29 is 12.8 Å². The maximum Gasteiger partial charge on any atom is 0.206 e. The van der Waals surface area contributed by atoms with Crippen molar-refractivity contribution in [3.05, 3.63) is 58.8 Å². The van der Waals surface area contributed by atoms with Gasteiger partial charge in [-0.05, 0) is 37.2 Å². The van der Waals surface area contributed by atoms with Gasteiger partial charge in [0.25, 0.3) is 0 Å². The van der Waals surface area contributed by atoms with Crippen molar-refractivity contribution in [2.24, 2.45) is 0 Å². The fourth-order valence-corrected chi connectivity index (χ4v) is 4.79. The number of benzene rings is 2. The Morgan fingerprint density at radius 1 is 1.00 bits per heavy atom. The van der Waals surface area contributed by atoms with Gasteiger partial charge in [0.2, 0.25) is 9.84 Å². The minimum atomic E-state index is -3.61. The van der Waals surface area contributed by atoms with Gasteiger partial charge in [-0.15, -0.1) is 12.4 Å². The van der Waals surface area contributed by atoms with Crippen LogP contribution in [0, 0.1) is 0 Å². The van der Waals surface area contributed by atoms with Crippen LogP contribution in [-0.2, 0) is 22.7 Å². The third-order valence-corrected chi connectivity index (χ3v) is 6.38. The lowest BCUT2D eigenvalue weighted by molar-refractivity contribution is 0.542. The van der Waals surface area contributed by atoms with E-state index < -0.39 is 9.84 Å². The maximum absolute atomic E-state index is 12.9. The summed E-state index contributed by atoms with van der Waals surface area (Å²) < 4.78 is 31.7. The largest absolute Gasteiger partial charge is 0.459 e. The second-order valence-electron chi connectivity index (χ2n) is 5.85. The summed E-state index contributed by atoms with van der Waals surface area (Å²) in [6.45, 7) is 1.69. The molecule has 1 aromatic heterocycles. The van der Waals surface area contributed by atoms with Gasteiger partial charge in [-0.2, -0.15) is 0 Å². The normalized spacial score (nSPS) is 14.6. The van der Waals surface area contributed by atoms with E-state index in [2.05, 4.69) is 5.32 Å². The Hall–Kier alpha value is -1.53. The fourth-order valence-electron chi connectivity index (χ4n) is 3.14. The summed E-state index contributed by atoms with van der Waals surface area (Å²) in [4.78, 5) is 0.462. The Kier molecular flexibility index (Phi) is 5.11. The molecule has 0 radical (unpaired) electrons. The zero-order chi connectivity index (χ0) is 16.7. The average molecular weight is 398 g/mol. The first-order valence-electron chi connectivity index (χ1n) is 7.82. The number of hydrogen-bond acceptors (Lipinski definition) is 4. The summed E-state index contributed by atoms with van der Waals surface area (Å²) in [5, 5.41) is 4.46. The monoisotopic (exact) mass is 397 g/mol. The molecule has 2 aromatic carbocycles. The molecule has 3 aromatic rings. The molecule has 0 saturated carbocycles. The Morgan fingerprint density at radius 2 is 1.72 bits per heavy atom. The van der Waals surface area contributed by atoms with E-state index in [1.807, 2.05) is 0 Å². The standard InChI is InChI=1S/C18H16ClNO3S.ClH/c19-16-11-13(24(21,22)12-4-2-1-3-5-12)10-15-14-6-8-20-9-7-17(14)23-18(15)16;/h1-5,10-11,20H,6-9H2;1H. The van der Waals surface area contributed by atoms with Crippen molar-refractivity contribution in [2.75, 3.05) is 13.1 Å². The Morgan fingerprint density at radius 3 is 2.48 bits per heavy atom. The molecule has 0 amide bonds. The molecular formula is C18H17Cl2NO3S. The van der Waals surface area contributed by atoms with Gasteiger partial charge in [0.05, 0.1) is 14.8 Å². The predicted molar refractivity (Wildman–Crippen MR) is 101 cm³/mol. The third-order valence-electron chi connectivity index (χ3n) is 4.35. The third kappa shape index (κ3) is 3.17. The summed E-state index contributed by atoms with van der Waals surface area (Å²) >= 11 is 6.34. The van der Waals surface area contributed by atoms with Crippen LogP contribution in [0.25, 0.3) is 11.0 Å². The van der Waals surface area contributed by atoms with Crippen LogP contribution < -0.4 is 5.32 Å². The number of hydrogen-bond donors (Lipinski definition) is 1. The minimum Gasteiger partial charge on any atom is -0.459 e. The first-order chi connectivity index (χ1) is 11.6. The van der Waals surface area contributed by atoms with E-state index in [0.717, 1.165) is 42.6 Å². The zero-order valence-corrected chi connectivity index (χ0v) is 15.7. The highest BCUT2D eigenvalue weighted by molar-refractivity contribution is 7.91. The van der Waals surface area contributed by atoms with Gasteiger partial charge in [0.15, 0.2) is 5.58 Å². The summed E-state index contributed by atoms with van der Waals surface area (Å²) in [6.07, 6.45) is 1.58. The van der Waals surface area contributed by atoms with Gasteiger partial charge < -0.3 is 9.73 Å². The molecule has 4 nitrogen and oxygen atoms in total. The van der Waals surface area contributed by atoms with E-state index >= 15 is 0 Å². The van der Waals surface area contributed by atoms with Gasteiger partial charge in [-0.1, -0.05) is 29.8 Å². The highest BCUT2D eigenvalue weighted by atomic mass is 35.5. The summed E-state index contributed by atoms with van der Waals surface area (Å²) in [5.41, 5.74) is 1.64. The second-order valence-corrected chi connectivity index (χ2v) is 8.21. The molecule has 0 spiro atoms. The first-order valence-corrected chi connectivity index (χ1v) is 9.68. The number of fused-ring (bicyclic) bond motifs is 3. The van der Waals surface area contributed by atoms with E-state index in [4.69, 9.17) is 16.0 Å². The summed E-state index contributed by atoms with van der Waals surface area (Å²) in [5.74, 6) is 0.895. The molecule has 1 N–H and O–H groups in total. The molecule has 1 aliphatic heterocycles. The lowest BCUT2D eigenvalue weighted by atomic mass is 10.1. The van der Waals surface area contributed by atoms with Crippen LogP contribution in [0.15, 0.2) is 56.7 Å². The Bertz CT molecular complexity index is 1010. The van der Waals surface area contributed by atoms with E-state index in [0.29, 0.717) is 10.6 Å². The molecule has 4 rings (SSSR count). The fraction of sp³-hybridized carbons (Fsp3) is 0.222. The van der Waals surface area contributed by atoms with Crippen molar-refractivity contribution in [1.82, 2.24) is 5.32 Å². The molecular weight excluding hydrogens is 381 g/mol. The maximum atomic E-state index is 12.9. The SMILES string of the molecule is Cl.O=S(=O)(c1ccccc1)c1cc(Cl)c2oc3c(c2c1)CCNCC3. The van der Waals surface area contributed by atoms with Gasteiger partial charge in [-0.3, -0.25) is 0 Å². The molecule has 132 valence electrons. The van der Waals surface area contributed by atoms with Crippen LogP contribution in [0.4, 0.5) is 0 Å². The van der Waals surface area contributed by atoms with Crippen molar-refractivity contribution >= 4 is 44.8 Å². The number of sulfone groups is 1. The molecule has 0 fully saturated rings. The molecule has 7 heteroatoms. The molecule has 0 bridgehead atoms. The van der Waals surface area contributed by atoms with E-state index in [-0.39, 0.29) is 22.2 Å². The minimum absolute atomic E-state index is 0. The van der Waals surface area contributed by atoms with Crippen molar-refractivity contribution in [3.8, 4) is 0 Å². The lowest BCUT2D eigenvalue weighted by Gasteiger charge is -2.06.